The molecular formula is C17H19ClN2O4S. The van der Waals surface area contributed by atoms with Crippen molar-refractivity contribution in [3.8, 4) is 0 Å². The van der Waals surface area contributed by atoms with Gasteiger partial charge in [0.2, 0.25) is 0 Å². The molecule has 1 amide bonds. The minimum Gasteiger partial charge on any atom is -0.348 e. The lowest BCUT2D eigenvalue weighted by molar-refractivity contribution is -0.0258. The number of amides is 1. The van der Waals surface area contributed by atoms with Crippen molar-refractivity contribution in [1.82, 2.24) is 9.79 Å². The van der Waals surface area contributed by atoms with Gasteiger partial charge in [-0.15, -0.1) is 0 Å². The van der Waals surface area contributed by atoms with E-state index in [0.717, 1.165) is 11.1 Å². The number of nitrogens with zero attached hydrogens (tertiary/aromatic N) is 1. The van der Waals surface area contributed by atoms with Gasteiger partial charge in [-0.25, -0.2) is 8.42 Å². The molecule has 0 spiro atoms. The molecule has 2 aromatic carbocycles. The molecule has 2 rings (SSSR count). The van der Waals surface area contributed by atoms with Crippen LogP contribution in [0.25, 0.3) is 0 Å². The molecule has 0 heterocycles. The molecule has 0 saturated heterocycles. The van der Waals surface area contributed by atoms with Gasteiger partial charge in [0.15, 0.2) is 0 Å². The summed E-state index contributed by atoms with van der Waals surface area (Å²) < 4.78 is 25.3. The second-order valence-electron chi connectivity index (χ2n) is 5.35. The van der Waals surface area contributed by atoms with Crippen LogP contribution in [0.2, 0.25) is 5.02 Å². The Morgan fingerprint density at radius 2 is 1.92 bits per heavy atom. The first-order valence-electron chi connectivity index (χ1n) is 7.42. The molecule has 0 aliphatic heterocycles. The number of hydrogen-bond donors (Lipinski definition) is 1. The van der Waals surface area contributed by atoms with E-state index >= 15 is 0 Å². The molecule has 0 radical (unpaired) electrons. The Kier molecular flexibility index (Phi) is 6.18. The molecule has 8 heteroatoms. The van der Waals surface area contributed by atoms with Gasteiger partial charge in [0.1, 0.15) is 0 Å². The topological polar surface area (TPSA) is 75.7 Å². The van der Waals surface area contributed by atoms with Gasteiger partial charge in [-0.05, 0) is 36.2 Å². The molecule has 25 heavy (non-hydrogen) atoms. The van der Waals surface area contributed by atoms with Gasteiger partial charge in [0.25, 0.3) is 15.9 Å². The Balaban J connectivity index is 2.25. The van der Waals surface area contributed by atoms with Gasteiger partial charge in [-0.3, -0.25) is 9.63 Å². The van der Waals surface area contributed by atoms with Crippen LogP contribution in [0.1, 0.15) is 21.5 Å². The first kappa shape index (κ1) is 19.4. The van der Waals surface area contributed by atoms with E-state index in [1.54, 1.807) is 0 Å². The van der Waals surface area contributed by atoms with Crippen molar-refractivity contribution in [1.29, 1.82) is 0 Å². The molecule has 6 nitrogen and oxygen atoms in total. The van der Waals surface area contributed by atoms with Gasteiger partial charge in [-0.1, -0.05) is 40.3 Å². The Hall–Kier alpha value is -1.93. The first-order valence-corrected chi connectivity index (χ1v) is 9.24. The van der Waals surface area contributed by atoms with Crippen LogP contribution in [0.4, 0.5) is 0 Å². The fourth-order valence-electron chi connectivity index (χ4n) is 2.16. The van der Waals surface area contributed by atoms with Crippen LogP contribution in [-0.4, -0.2) is 33.0 Å². The molecule has 1 N–H and O–H groups in total. The lowest BCUT2D eigenvalue weighted by atomic mass is 10.1. The lowest BCUT2D eigenvalue weighted by Gasteiger charge is -2.15. The SMILES string of the molecule is CON(C)S(=O)(=O)c1ccc(Cl)c(C(=O)NCc2ccccc2C)c1. The molecule has 134 valence electrons. The highest BCUT2D eigenvalue weighted by Crippen LogP contribution is 2.22. The molecular weight excluding hydrogens is 364 g/mol. The smallest absolute Gasteiger partial charge is 0.264 e. The number of benzene rings is 2. The number of aryl methyl sites for hydroxylation is 1. The van der Waals surface area contributed by atoms with Crippen LogP contribution >= 0.6 is 11.6 Å². The van der Waals surface area contributed by atoms with Gasteiger partial charge in [0.05, 0.1) is 22.6 Å². The van der Waals surface area contributed by atoms with Crippen molar-refractivity contribution >= 4 is 27.5 Å². The van der Waals surface area contributed by atoms with Crippen LogP contribution in [0.5, 0.6) is 0 Å². The van der Waals surface area contributed by atoms with Gasteiger partial charge >= 0.3 is 0 Å². The number of carbonyl (C=O) groups excluding carboxylic acids is 1. The Labute approximate surface area is 152 Å². The maximum Gasteiger partial charge on any atom is 0.264 e. The van der Waals surface area contributed by atoms with Crippen molar-refractivity contribution in [2.24, 2.45) is 0 Å². The number of nitrogens with one attached hydrogen (secondary N) is 1. The minimum absolute atomic E-state index is 0.0812. The standard InChI is InChI=1S/C17H19ClN2O4S/c1-12-6-4-5-7-13(12)11-19-17(21)15-10-14(8-9-16(15)18)25(22,23)20(2)24-3/h4-10H,11H2,1-3H3,(H,19,21). The average molecular weight is 383 g/mol. The number of hydroxylamine groups is 1. The second kappa shape index (κ2) is 7.97. The zero-order valence-electron chi connectivity index (χ0n) is 14.1. The summed E-state index contributed by atoms with van der Waals surface area (Å²) in [6.45, 7) is 2.26. The van der Waals surface area contributed by atoms with Crippen molar-refractivity contribution < 1.29 is 18.0 Å². The van der Waals surface area contributed by atoms with E-state index in [1.807, 2.05) is 31.2 Å². The highest BCUT2D eigenvalue weighted by Gasteiger charge is 2.23. The van der Waals surface area contributed by atoms with E-state index in [4.69, 9.17) is 16.4 Å². The predicted octanol–water partition coefficient (Wildman–Crippen LogP) is 2.76. The van der Waals surface area contributed by atoms with E-state index in [1.165, 1.54) is 32.4 Å². The largest absolute Gasteiger partial charge is 0.348 e. The molecule has 0 bridgehead atoms. The summed E-state index contributed by atoms with van der Waals surface area (Å²) in [7, 11) is -1.36. The molecule has 0 saturated carbocycles. The Morgan fingerprint density at radius 3 is 2.56 bits per heavy atom. The van der Waals surface area contributed by atoms with E-state index in [9.17, 15) is 13.2 Å². The summed E-state index contributed by atoms with van der Waals surface area (Å²) in [4.78, 5) is 17.1. The van der Waals surface area contributed by atoms with E-state index < -0.39 is 15.9 Å². The fraction of sp³-hybridized carbons (Fsp3) is 0.235. The first-order chi connectivity index (χ1) is 11.8. The fourth-order valence-corrected chi connectivity index (χ4v) is 3.37. The van der Waals surface area contributed by atoms with Crippen molar-refractivity contribution in [3.63, 3.8) is 0 Å². The Bertz CT molecular complexity index is 884. The lowest BCUT2D eigenvalue weighted by Crippen LogP contribution is -2.27. The molecule has 2 aromatic rings. The number of halogens is 1. The summed E-state index contributed by atoms with van der Waals surface area (Å²) in [6, 6.07) is 11.6. The predicted molar refractivity (Wildman–Crippen MR) is 95.8 cm³/mol. The van der Waals surface area contributed by atoms with Crippen LogP contribution in [0.3, 0.4) is 0 Å². The number of hydrogen-bond acceptors (Lipinski definition) is 4. The highest BCUT2D eigenvalue weighted by molar-refractivity contribution is 7.89. The third-order valence-corrected chi connectivity index (χ3v) is 5.78. The van der Waals surface area contributed by atoms with Crippen molar-refractivity contribution in [2.75, 3.05) is 14.2 Å². The van der Waals surface area contributed by atoms with Crippen molar-refractivity contribution in [2.45, 2.75) is 18.4 Å². The zero-order valence-corrected chi connectivity index (χ0v) is 15.7. The Morgan fingerprint density at radius 1 is 1.24 bits per heavy atom. The van der Waals surface area contributed by atoms with Crippen LogP contribution in [0.15, 0.2) is 47.4 Å². The van der Waals surface area contributed by atoms with E-state index in [-0.39, 0.29) is 15.5 Å². The van der Waals surface area contributed by atoms with Gasteiger partial charge < -0.3 is 5.32 Å². The third-order valence-electron chi connectivity index (χ3n) is 3.78. The van der Waals surface area contributed by atoms with Crippen molar-refractivity contribution in [3.05, 3.63) is 64.2 Å². The summed E-state index contributed by atoms with van der Waals surface area (Å²) in [5, 5.41) is 2.92. The monoisotopic (exact) mass is 382 g/mol. The van der Waals surface area contributed by atoms with Crippen LogP contribution < -0.4 is 5.32 Å². The van der Waals surface area contributed by atoms with Gasteiger partial charge in [0, 0.05) is 13.6 Å². The number of sulfonamides is 1. The highest BCUT2D eigenvalue weighted by atomic mass is 35.5. The number of rotatable bonds is 6. The van der Waals surface area contributed by atoms with E-state index in [2.05, 4.69) is 5.32 Å². The van der Waals surface area contributed by atoms with E-state index in [0.29, 0.717) is 11.0 Å². The zero-order chi connectivity index (χ0) is 18.6. The molecule has 0 unspecified atom stereocenters. The molecule has 0 fully saturated rings. The third kappa shape index (κ3) is 4.38. The van der Waals surface area contributed by atoms with Gasteiger partial charge in [-0.2, -0.15) is 0 Å². The van der Waals surface area contributed by atoms with Crippen LogP contribution in [-0.2, 0) is 21.4 Å². The normalized spacial score (nSPS) is 11.6. The van der Waals surface area contributed by atoms with Crippen LogP contribution in [0, 0.1) is 6.92 Å². The quantitative estimate of drug-likeness (QED) is 0.779. The maximum atomic E-state index is 12.4. The molecule has 0 aliphatic carbocycles. The summed E-state index contributed by atoms with van der Waals surface area (Å²) >= 11 is 6.07. The average Bonchev–Trinajstić information content (AvgIpc) is 2.60. The second-order valence-corrected chi connectivity index (χ2v) is 7.69. The number of carbonyl (C=O) groups is 1. The summed E-state index contributed by atoms with van der Waals surface area (Å²) in [6.07, 6.45) is 0. The molecule has 0 aromatic heterocycles. The maximum absolute atomic E-state index is 12.4. The summed E-state index contributed by atoms with van der Waals surface area (Å²) in [5.74, 6) is -0.453. The summed E-state index contributed by atoms with van der Waals surface area (Å²) in [5.41, 5.74) is 2.10. The molecule has 0 aliphatic rings. The minimum atomic E-state index is -3.86. The molecule has 0 atom stereocenters.